The molecule has 0 radical (unpaired) electrons. The van der Waals surface area contributed by atoms with Crippen molar-refractivity contribution in [2.24, 2.45) is 0 Å². The van der Waals surface area contributed by atoms with Gasteiger partial charge in [0.05, 0.1) is 0 Å². The number of carbonyl (C=O) groups excluding carboxylic acids is 1. The van der Waals surface area contributed by atoms with Gasteiger partial charge in [0.1, 0.15) is 12.2 Å². The molecule has 102 valence electrons. The molecule has 0 fully saturated rings. The van der Waals surface area contributed by atoms with Crippen molar-refractivity contribution in [3.8, 4) is 0 Å². The molecule has 0 aromatic heterocycles. The average Bonchev–Trinajstić information content (AvgIpc) is 2.59. The number of hydrogen-bond donors (Lipinski definition) is 1. The van der Waals surface area contributed by atoms with E-state index >= 15 is 0 Å². The molecule has 3 nitrogen and oxygen atoms in total. The molecule has 2 aromatic carbocycles. The Kier molecular flexibility index (Phi) is 3.36. The van der Waals surface area contributed by atoms with Crippen LogP contribution < -0.4 is 5.32 Å². The molecule has 3 rings (SSSR count). The molecule has 1 aliphatic rings. The summed E-state index contributed by atoms with van der Waals surface area (Å²) in [6.45, 7) is 2.03. The zero-order valence-electron chi connectivity index (χ0n) is 11.0. The molecule has 0 aliphatic carbocycles. The van der Waals surface area contributed by atoms with Crippen molar-refractivity contribution in [2.45, 2.75) is 12.5 Å². The number of benzene rings is 2. The fourth-order valence-corrected chi connectivity index (χ4v) is 2.85. The van der Waals surface area contributed by atoms with Gasteiger partial charge in [-0.05, 0) is 30.7 Å². The van der Waals surface area contributed by atoms with Gasteiger partial charge in [0, 0.05) is 15.7 Å². The summed E-state index contributed by atoms with van der Waals surface area (Å²) in [5.74, 6) is -0.131. The Hall–Kier alpha value is -1.65. The maximum absolute atomic E-state index is 11.8. The molecule has 20 heavy (non-hydrogen) atoms. The van der Waals surface area contributed by atoms with E-state index in [2.05, 4.69) is 21.2 Å². The number of rotatable bonds is 1. The maximum Gasteiger partial charge on any atom is 0.250 e. The third-order valence-corrected chi connectivity index (χ3v) is 4.08. The number of fused-ring (bicyclic) bond motifs is 1. The molecule has 1 atom stereocenters. The Balaban J connectivity index is 2.21. The Bertz CT molecular complexity index is 657. The van der Waals surface area contributed by atoms with Crippen LogP contribution in [-0.2, 0) is 15.1 Å². The number of carbonyl (C=O) groups is 1. The number of amides is 1. The molecule has 0 saturated carbocycles. The van der Waals surface area contributed by atoms with E-state index in [1.165, 1.54) is 0 Å². The summed E-state index contributed by atoms with van der Waals surface area (Å²) in [5.41, 5.74) is 2.11. The summed E-state index contributed by atoms with van der Waals surface area (Å²) in [4.78, 5) is 11.8. The van der Waals surface area contributed by atoms with Crippen molar-refractivity contribution in [1.82, 2.24) is 0 Å². The highest BCUT2D eigenvalue weighted by atomic mass is 79.9. The molecule has 4 heteroatoms. The highest BCUT2D eigenvalue weighted by molar-refractivity contribution is 9.10. The minimum atomic E-state index is -0.653. The summed E-state index contributed by atoms with van der Waals surface area (Å²) < 4.78 is 6.89. The normalized spacial score (nSPS) is 21.8. The molecule has 0 bridgehead atoms. The minimum absolute atomic E-state index is 0.0394. The monoisotopic (exact) mass is 331 g/mol. The second-order valence-electron chi connectivity index (χ2n) is 4.93. The summed E-state index contributed by atoms with van der Waals surface area (Å²) >= 11 is 3.49. The molecule has 0 saturated heterocycles. The van der Waals surface area contributed by atoms with E-state index in [9.17, 15) is 4.79 Å². The van der Waals surface area contributed by atoms with Gasteiger partial charge in [0.25, 0.3) is 0 Å². The quantitative estimate of drug-likeness (QED) is 0.865. The zero-order chi connectivity index (χ0) is 14.2. The predicted octanol–water partition coefficient (Wildman–Crippen LogP) is 3.68. The fraction of sp³-hybridized carbons (Fsp3) is 0.188. The van der Waals surface area contributed by atoms with Crippen LogP contribution in [0.25, 0.3) is 0 Å². The summed E-state index contributed by atoms with van der Waals surface area (Å²) in [5, 5.41) is 2.89. The van der Waals surface area contributed by atoms with Gasteiger partial charge in [-0.25, -0.2) is 0 Å². The van der Waals surface area contributed by atoms with Crippen LogP contribution in [0.4, 0.5) is 5.69 Å². The Morgan fingerprint density at radius 3 is 2.70 bits per heavy atom. The van der Waals surface area contributed by atoms with Crippen LogP contribution in [0.1, 0.15) is 18.1 Å². The molecule has 0 spiro atoms. The summed E-state index contributed by atoms with van der Waals surface area (Å²) in [6.07, 6.45) is 0. The van der Waals surface area contributed by atoms with Gasteiger partial charge in [-0.3, -0.25) is 4.79 Å². The van der Waals surface area contributed by atoms with Crippen LogP contribution in [-0.4, -0.2) is 12.5 Å². The lowest BCUT2D eigenvalue weighted by Gasteiger charge is -2.30. The van der Waals surface area contributed by atoms with Crippen molar-refractivity contribution in [2.75, 3.05) is 11.9 Å². The average molecular weight is 332 g/mol. The number of ether oxygens (including phenoxy) is 1. The SMILES string of the molecule is CC1(c2ccccc2)OCC(=O)Nc2ccc(Br)cc21. The van der Waals surface area contributed by atoms with Gasteiger partial charge in [0.15, 0.2) is 0 Å². The molecule has 2 aromatic rings. The number of hydrogen-bond acceptors (Lipinski definition) is 2. The van der Waals surface area contributed by atoms with E-state index in [1.807, 2.05) is 55.5 Å². The van der Waals surface area contributed by atoms with Crippen molar-refractivity contribution >= 4 is 27.5 Å². The Morgan fingerprint density at radius 1 is 1.20 bits per heavy atom. The number of nitrogens with one attached hydrogen (secondary N) is 1. The first-order valence-corrected chi connectivity index (χ1v) is 7.18. The van der Waals surface area contributed by atoms with Crippen LogP contribution in [0, 0.1) is 0 Å². The predicted molar refractivity (Wildman–Crippen MR) is 81.6 cm³/mol. The molecular formula is C16H14BrNO2. The van der Waals surface area contributed by atoms with E-state index in [-0.39, 0.29) is 12.5 Å². The highest BCUT2D eigenvalue weighted by Gasteiger charge is 2.35. The van der Waals surface area contributed by atoms with E-state index < -0.39 is 5.60 Å². The van der Waals surface area contributed by atoms with E-state index in [0.717, 1.165) is 21.3 Å². The maximum atomic E-state index is 11.8. The first-order valence-electron chi connectivity index (χ1n) is 6.39. The molecular weight excluding hydrogens is 318 g/mol. The highest BCUT2D eigenvalue weighted by Crippen LogP contribution is 2.40. The van der Waals surface area contributed by atoms with Gasteiger partial charge in [-0.15, -0.1) is 0 Å². The van der Waals surface area contributed by atoms with Gasteiger partial charge in [-0.1, -0.05) is 46.3 Å². The van der Waals surface area contributed by atoms with Crippen molar-refractivity contribution in [1.29, 1.82) is 0 Å². The van der Waals surface area contributed by atoms with Crippen LogP contribution in [0.15, 0.2) is 53.0 Å². The van der Waals surface area contributed by atoms with Gasteiger partial charge in [0.2, 0.25) is 5.91 Å². The Labute approximate surface area is 126 Å². The van der Waals surface area contributed by atoms with Gasteiger partial charge in [-0.2, -0.15) is 0 Å². The largest absolute Gasteiger partial charge is 0.356 e. The van der Waals surface area contributed by atoms with Crippen molar-refractivity contribution < 1.29 is 9.53 Å². The van der Waals surface area contributed by atoms with Crippen molar-refractivity contribution in [3.05, 3.63) is 64.1 Å². The molecule has 1 unspecified atom stereocenters. The molecule has 1 amide bonds. The van der Waals surface area contributed by atoms with Crippen LogP contribution in [0.3, 0.4) is 0 Å². The first kappa shape index (κ1) is 13.3. The summed E-state index contributed by atoms with van der Waals surface area (Å²) in [7, 11) is 0. The fourth-order valence-electron chi connectivity index (χ4n) is 2.49. The smallest absolute Gasteiger partial charge is 0.250 e. The molecule has 1 N–H and O–H groups in total. The van der Waals surface area contributed by atoms with E-state index in [0.29, 0.717) is 0 Å². The summed E-state index contributed by atoms with van der Waals surface area (Å²) in [6, 6.07) is 15.7. The van der Waals surface area contributed by atoms with Crippen molar-refractivity contribution in [3.63, 3.8) is 0 Å². The third-order valence-electron chi connectivity index (χ3n) is 3.59. The van der Waals surface area contributed by atoms with Gasteiger partial charge >= 0.3 is 0 Å². The van der Waals surface area contributed by atoms with Crippen LogP contribution >= 0.6 is 15.9 Å². The number of halogens is 1. The lowest BCUT2D eigenvalue weighted by atomic mass is 9.87. The van der Waals surface area contributed by atoms with Crippen LogP contribution in [0.2, 0.25) is 0 Å². The second kappa shape index (κ2) is 5.04. The lowest BCUT2D eigenvalue weighted by molar-refractivity contribution is -0.124. The standard InChI is InChI=1S/C16H14BrNO2/c1-16(11-5-3-2-4-6-11)13-9-12(17)7-8-14(13)18-15(19)10-20-16/h2-9H,10H2,1H3,(H,18,19). The van der Waals surface area contributed by atoms with E-state index in [1.54, 1.807) is 0 Å². The topological polar surface area (TPSA) is 38.3 Å². The molecule has 1 heterocycles. The van der Waals surface area contributed by atoms with Crippen LogP contribution in [0.5, 0.6) is 0 Å². The lowest BCUT2D eigenvalue weighted by Crippen LogP contribution is -2.28. The third kappa shape index (κ3) is 2.25. The first-order chi connectivity index (χ1) is 9.59. The van der Waals surface area contributed by atoms with E-state index in [4.69, 9.17) is 4.74 Å². The van der Waals surface area contributed by atoms with Gasteiger partial charge < -0.3 is 10.1 Å². The second-order valence-corrected chi connectivity index (χ2v) is 5.84. The molecule has 1 aliphatic heterocycles. The minimum Gasteiger partial charge on any atom is -0.356 e. The zero-order valence-corrected chi connectivity index (χ0v) is 12.6. The number of anilines is 1. The Morgan fingerprint density at radius 2 is 1.95 bits per heavy atom.